The average molecular weight is 186 g/mol. The molecule has 0 aromatic heterocycles. The highest BCUT2D eigenvalue weighted by Crippen LogP contribution is 2.08. The molecule has 0 aromatic carbocycles. The molecule has 0 saturated carbocycles. The molecule has 0 aromatic rings. The van der Waals surface area contributed by atoms with Crippen molar-refractivity contribution < 1.29 is 9.53 Å². The summed E-state index contributed by atoms with van der Waals surface area (Å²) in [5.41, 5.74) is 0. The Kier molecular flexibility index (Phi) is 6.87. The van der Waals surface area contributed by atoms with Crippen molar-refractivity contribution in [3.8, 4) is 0 Å². The minimum atomic E-state index is -0.174. The fourth-order valence-electron chi connectivity index (χ4n) is 1.14. The summed E-state index contributed by atoms with van der Waals surface area (Å²) in [7, 11) is 0. The van der Waals surface area contributed by atoms with Crippen LogP contribution in [0, 0.1) is 5.92 Å². The summed E-state index contributed by atoms with van der Waals surface area (Å²) in [6.07, 6.45) is 2.78. The molecule has 0 N–H and O–H groups in total. The van der Waals surface area contributed by atoms with E-state index in [1.807, 2.05) is 20.8 Å². The number of hydrogen-bond acceptors (Lipinski definition) is 2. The Morgan fingerprint density at radius 2 is 1.92 bits per heavy atom. The van der Waals surface area contributed by atoms with E-state index in [1.54, 1.807) is 0 Å². The summed E-state index contributed by atoms with van der Waals surface area (Å²) < 4.78 is 5.51. The number of carbonyl (C=O) groups excluding carboxylic acids is 1. The Morgan fingerprint density at radius 3 is 2.31 bits per heavy atom. The molecule has 0 radical (unpaired) electrons. The van der Waals surface area contributed by atoms with Crippen LogP contribution in [0.1, 0.15) is 47.0 Å². The lowest BCUT2D eigenvalue weighted by atomic mass is 10.0. The molecule has 0 amide bonds. The molecule has 0 bridgehead atoms. The van der Waals surface area contributed by atoms with Gasteiger partial charge >= 0.3 is 0 Å². The van der Waals surface area contributed by atoms with Gasteiger partial charge in [0.25, 0.3) is 0 Å². The van der Waals surface area contributed by atoms with Crippen molar-refractivity contribution in [2.75, 3.05) is 6.61 Å². The van der Waals surface area contributed by atoms with Crippen molar-refractivity contribution >= 4 is 5.78 Å². The molecule has 1 atom stereocenters. The van der Waals surface area contributed by atoms with E-state index in [-0.39, 0.29) is 17.8 Å². The highest BCUT2D eigenvalue weighted by Gasteiger charge is 2.19. The minimum Gasteiger partial charge on any atom is -0.370 e. The maximum absolute atomic E-state index is 11.5. The van der Waals surface area contributed by atoms with Crippen LogP contribution < -0.4 is 0 Å². The van der Waals surface area contributed by atoms with E-state index in [1.165, 1.54) is 0 Å². The fraction of sp³-hybridized carbons (Fsp3) is 0.909. The van der Waals surface area contributed by atoms with Crippen LogP contribution in [0.25, 0.3) is 0 Å². The quantitative estimate of drug-likeness (QED) is 0.571. The molecule has 2 heteroatoms. The van der Waals surface area contributed by atoms with E-state index in [2.05, 4.69) is 6.92 Å². The highest BCUT2D eigenvalue weighted by molar-refractivity contribution is 5.84. The summed E-state index contributed by atoms with van der Waals surface area (Å²) in [6, 6.07) is 0. The third-order valence-electron chi connectivity index (χ3n) is 2.07. The van der Waals surface area contributed by atoms with Crippen LogP contribution in [-0.4, -0.2) is 18.5 Å². The Balaban J connectivity index is 3.81. The number of unbranched alkanes of at least 4 members (excludes halogenated alkanes) is 1. The van der Waals surface area contributed by atoms with Crippen LogP contribution in [0.2, 0.25) is 0 Å². The first-order valence-electron chi connectivity index (χ1n) is 5.28. The maximum atomic E-state index is 11.5. The molecule has 0 saturated heterocycles. The van der Waals surface area contributed by atoms with E-state index in [9.17, 15) is 4.79 Å². The molecule has 13 heavy (non-hydrogen) atoms. The lowest BCUT2D eigenvalue weighted by Gasteiger charge is -2.16. The zero-order valence-electron chi connectivity index (χ0n) is 9.30. The van der Waals surface area contributed by atoms with Crippen molar-refractivity contribution in [1.82, 2.24) is 0 Å². The van der Waals surface area contributed by atoms with Crippen LogP contribution in [0.5, 0.6) is 0 Å². The molecule has 0 spiro atoms. The van der Waals surface area contributed by atoms with E-state index >= 15 is 0 Å². The fourth-order valence-corrected chi connectivity index (χ4v) is 1.14. The van der Waals surface area contributed by atoms with Gasteiger partial charge in [-0.15, -0.1) is 0 Å². The van der Waals surface area contributed by atoms with E-state index in [4.69, 9.17) is 4.74 Å². The smallest absolute Gasteiger partial charge is 0.164 e. The SMILES string of the molecule is CCCCO[C@H](CC)C(=O)C(C)C. The summed E-state index contributed by atoms with van der Waals surface area (Å²) in [5.74, 6) is 0.324. The topological polar surface area (TPSA) is 26.3 Å². The Labute approximate surface area is 81.7 Å². The Morgan fingerprint density at radius 1 is 1.31 bits per heavy atom. The number of rotatable bonds is 7. The number of hydrogen-bond donors (Lipinski definition) is 0. The Hall–Kier alpha value is -0.370. The van der Waals surface area contributed by atoms with Gasteiger partial charge in [0.2, 0.25) is 0 Å². The predicted molar refractivity (Wildman–Crippen MR) is 54.8 cm³/mol. The molecule has 0 aliphatic rings. The van der Waals surface area contributed by atoms with Gasteiger partial charge in [-0.3, -0.25) is 4.79 Å². The summed E-state index contributed by atoms with van der Waals surface area (Å²) in [4.78, 5) is 11.5. The van der Waals surface area contributed by atoms with Gasteiger partial charge in [-0.1, -0.05) is 34.1 Å². The summed E-state index contributed by atoms with van der Waals surface area (Å²) in [6.45, 7) is 8.68. The molecule has 0 aliphatic heterocycles. The molecule has 0 unspecified atom stereocenters. The lowest BCUT2D eigenvalue weighted by molar-refractivity contribution is -0.133. The van der Waals surface area contributed by atoms with E-state index < -0.39 is 0 Å². The second kappa shape index (κ2) is 7.07. The number of carbonyl (C=O) groups is 1. The molecule has 2 nitrogen and oxygen atoms in total. The molecule has 78 valence electrons. The van der Waals surface area contributed by atoms with E-state index in [0.717, 1.165) is 19.3 Å². The Bertz CT molecular complexity index is 141. The van der Waals surface area contributed by atoms with Crippen molar-refractivity contribution in [3.05, 3.63) is 0 Å². The van der Waals surface area contributed by atoms with Crippen molar-refractivity contribution in [3.63, 3.8) is 0 Å². The zero-order valence-corrected chi connectivity index (χ0v) is 9.30. The highest BCUT2D eigenvalue weighted by atomic mass is 16.5. The van der Waals surface area contributed by atoms with Gasteiger partial charge in [-0.25, -0.2) is 0 Å². The zero-order chi connectivity index (χ0) is 10.3. The first-order valence-corrected chi connectivity index (χ1v) is 5.28. The third kappa shape index (κ3) is 5.04. The van der Waals surface area contributed by atoms with Gasteiger partial charge in [0.05, 0.1) is 0 Å². The largest absolute Gasteiger partial charge is 0.370 e. The average Bonchev–Trinajstić information content (AvgIpc) is 2.11. The van der Waals surface area contributed by atoms with Crippen LogP contribution in [0.3, 0.4) is 0 Å². The monoisotopic (exact) mass is 186 g/mol. The molecule has 0 rings (SSSR count). The van der Waals surface area contributed by atoms with E-state index in [0.29, 0.717) is 6.61 Å². The molecule has 0 heterocycles. The summed E-state index contributed by atoms with van der Waals surface area (Å²) in [5, 5.41) is 0. The first-order chi connectivity index (χ1) is 6.13. The minimum absolute atomic E-state index is 0.0894. The van der Waals surface area contributed by atoms with Crippen LogP contribution in [0.15, 0.2) is 0 Å². The van der Waals surface area contributed by atoms with Gasteiger partial charge in [0, 0.05) is 12.5 Å². The normalized spacial score (nSPS) is 13.3. The number of ether oxygens (including phenoxy) is 1. The van der Waals surface area contributed by atoms with Gasteiger partial charge in [0.1, 0.15) is 6.10 Å². The first kappa shape index (κ1) is 12.6. The van der Waals surface area contributed by atoms with Gasteiger partial charge in [0.15, 0.2) is 5.78 Å². The van der Waals surface area contributed by atoms with Gasteiger partial charge in [-0.05, 0) is 12.8 Å². The molecule has 0 fully saturated rings. The molecular weight excluding hydrogens is 164 g/mol. The van der Waals surface area contributed by atoms with Crippen LogP contribution in [0.4, 0.5) is 0 Å². The maximum Gasteiger partial charge on any atom is 0.164 e. The predicted octanol–water partition coefficient (Wildman–Crippen LogP) is 2.81. The number of Topliss-reactive ketones (excluding diaryl/α,β-unsaturated/α-hetero) is 1. The second-order valence-electron chi connectivity index (χ2n) is 3.68. The molecular formula is C11H22O2. The second-order valence-corrected chi connectivity index (χ2v) is 3.68. The number of ketones is 1. The standard InChI is InChI=1S/C11H22O2/c1-5-7-8-13-10(6-2)11(12)9(3)4/h9-10H,5-8H2,1-4H3/t10-/m1/s1. The third-order valence-corrected chi connectivity index (χ3v) is 2.07. The van der Waals surface area contributed by atoms with Crippen molar-refractivity contribution in [2.45, 2.75) is 53.1 Å². The van der Waals surface area contributed by atoms with Gasteiger partial charge < -0.3 is 4.74 Å². The van der Waals surface area contributed by atoms with Crippen LogP contribution in [-0.2, 0) is 9.53 Å². The van der Waals surface area contributed by atoms with Gasteiger partial charge in [-0.2, -0.15) is 0 Å². The van der Waals surface area contributed by atoms with Crippen LogP contribution >= 0.6 is 0 Å². The van der Waals surface area contributed by atoms with Crippen molar-refractivity contribution in [2.24, 2.45) is 5.92 Å². The summed E-state index contributed by atoms with van der Waals surface area (Å²) >= 11 is 0. The molecule has 0 aliphatic carbocycles. The van der Waals surface area contributed by atoms with Crippen molar-refractivity contribution in [1.29, 1.82) is 0 Å². The lowest BCUT2D eigenvalue weighted by Crippen LogP contribution is -2.27.